The van der Waals surface area contributed by atoms with Gasteiger partial charge in [-0.3, -0.25) is 4.79 Å². The second-order valence-electron chi connectivity index (χ2n) is 3.87. The SMILES string of the molecule is CCCOc1cc(C)nc(NCCC(=O)NC)n1. The molecule has 100 valence electrons. The number of anilines is 1. The molecule has 0 saturated heterocycles. The highest BCUT2D eigenvalue weighted by atomic mass is 16.5. The first kappa shape index (κ1) is 14.2. The van der Waals surface area contributed by atoms with E-state index in [9.17, 15) is 4.79 Å². The number of carbonyl (C=O) groups is 1. The van der Waals surface area contributed by atoms with Crippen LogP contribution in [-0.4, -0.2) is 36.1 Å². The van der Waals surface area contributed by atoms with Crippen LogP contribution in [0.4, 0.5) is 5.95 Å². The predicted molar refractivity (Wildman–Crippen MR) is 69.7 cm³/mol. The van der Waals surface area contributed by atoms with E-state index >= 15 is 0 Å². The minimum absolute atomic E-state index is 0.0161. The molecule has 1 heterocycles. The summed E-state index contributed by atoms with van der Waals surface area (Å²) in [6, 6.07) is 1.79. The predicted octanol–water partition coefficient (Wildman–Crippen LogP) is 1.12. The molecule has 0 aliphatic carbocycles. The van der Waals surface area contributed by atoms with Crippen molar-refractivity contribution in [2.24, 2.45) is 0 Å². The van der Waals surface area contributed by atoms with Crippen molar-refractivity contribution < 1.29 is 9.53 Å². The first-order valence-electron chi connectivity index (χ1n) is 6.08. The maximum atomic E-state index is 11.1. The quantitative estimate of drug-likeness (QED) is 0.760. The van der Waals surface area contributed by atoms with E-state index in [1.807, 2.05) is 13.8 Å². The first-order chi connectivity index (χ1) is 8.65. The maximum Gasteiger partial charge on any atom is 0.226 e. The lowest BCUT2D eigenvalue weighted by Gasteiger charge is -2.08. The molecule has 6 nitrogen and oxygen atoms in total. The van der Waals surface area contributed by atoms with Gasteiger partial charge in [-0.05, 0) is 13.3 Å². The van der Waals surface area contributed by atoms with E-state index < -0.39 is 0 Å². The molecule has 6 heteroatoms. The third-order valence-corrected chi connectivity index (χ3v) is 2.20. The summed E-state index contributed by atoms with van der Waals surface area (Å²) >= 11 is 0. The summed E-state index contributed by atoms with van der Waals surface area (Å²) in [5.41, 5.74) is 0.832. The number of amides is 1. The zero-order valence-electron chi connectivity index (χ0n) is 11.1. The molecule has 0 saturated carbocycles. The standard InChI is InChI=1S/C12H20N4O2/c1-4-7-18-11-8-9(2)15-12(16-11)14-6-5-10(17)13-3/h8H,4-7H2,1-3H3,(H,13,17)(H,14,15,16). The number of aryl methyl sites for hydroxylation is 1. The Bertz CT molecular complexity index is 396. The van der Waals surface area contributed by atoms with E-state index in [1.54, 1.807) is 13.1 Å². The fourth-order valence-corrected chi connectivity index (χ4v) is 1.31. The van der Waals surface area contributed by atoms with Crippen LogP contribution in [0.3, 0.4) is 0 Å². The molecule has 0 atom stereocenters. The second-order valence-corrected chi connectivity index (χ2v) is 3.87. The Morgan fingerprint density at radius 1 is 1.44 bits per heavy atom. The van der Waals surface area contributed by atoms with Crippen LogP contribution in [0.2, 0.25) is 0 Å². The van der Waals surface area contributed by atoms with Crippen molar-refractivity contribution in [3.05, 3.63) is 11.8 Å². The molecule has 0 bridgehead atoms. The minimum atomic E-state index is -0.0161. The van der Waals surface area contributed by atoms with Crippen LogP contribution in [0.15, 0.2) is 6.07 Å². The van der Waals surface area contributed by atoms with E-state index in [-0.39, 0.29) is 5.91 Å². The summed E-state index contributed by atoms with van der Waals surface area (Å²) in [5, 5.41) is 5.56. The van der Waals surface area contributed by atoms with Gasteiger partial charge >= 0.3 is 0 Å². The number of nitrogens with zero attached hydrogens (tertiary/aromatic N) is 2. The molecule has 18 heavy (non-hydrogen) atoms. The third kappa shape index (κ3) is 4.99. The number of aromatic nitrogens is 2. The third-order valence-electron chi connectivity index (χ3n) is 2.20. The summed E-state index contributed by atoms with van der Waals surface area (Å²) in [6.45, 7) is 5.05. The van der Waals surface area contributed by atoms with Crippen LogP contribution in [-0.2, 0) is 4.79 Å². The van der Waals surface area contributed by atoms with Crippen LogP contribution in [0.25, 0.3) is 0 Å². The Balaban J connectivity index is 2.54. The van der Waals surface area contributed by atoms with Crippen molar-refractivity contribution in [1.82, 2.24) is 15.3 Å². The molecule has 0 unspecified atom stereocenters. The summed E-state index contributed by atoms with van der Waals surface area (Å²) < 4.78 is 5.45. The molecule has 1 aromatic heterocycles. The number of rotatable bonds is 7. The molecule has 0 radical (unpaired) electrons. The highest BCUT2D eigenvalue weighted by Gasteiger charge is 2.03. The van der Waals surface area contributed by atoms with E-state index in [0.717, 1.165) is 12.1 Å². The maximum absolute atomic E-state index is 11.1. The van der Waals surface area contributed by atoms with Crippen molar-refractivity contribution in [1.29, 1.82) is 0 Å². The average molecular weight is 252 g/mol. The lowest BCUT2D eigenvalue weighted by Crippen LogP contribution is -2.21. The van der Waals surface area contributed by atoms with Gasteiger partial charge in [-0.15, -0.1) is 0 Å². The number of hydrogen-bond acceptors (Lipinski definition) is 5. The normalized spacial score (nSPS) is 9.94. The van der Waals surface area contributed by atoms with Gasteiger partial charge in [-0.2, -0.15) is 4.98 Å². The van der Waals surface area contributed by atoms with Gasteiger partial charge in [-0.1, -0.05) is 6.92 Å². The number of hydrogen-bond donors (Lipinski definition) is 2. The minimum Gasteiger partial charge on any atom is -0.478 e. The molecular weight excluding hydrogens is 232 g/mol. The van der Waals surface area contributed by atoms with Crippen molar-refractivity contribution in [2.45, 2.75) is 26.7 Å². The Labute approximate surface area is 107 Å². The smallest absolute Gasteiger partial charge is 0.226 e. The van der Waals surface area contributed by atoms with Gasteiger partial charge in [0, 0.05) is 31.8 Å². The van der Waals surface area contributed by atoms with Crippen LogP contribution in [0, 0.1) is 6.92 Å². The molecule has 1 amide bonds. The zero-order chi connectivity index (χ0) is 13.4. The highest BCUT2D eigenvalue weighted by molar-refractivity contribution is 5.75. The largest absolute Gasteiger partial charge is 0.478 e. The fraction of sp³-hybridized carbons (Fsp3) is 0.583. The molecular formula is C12H20N4O2. The van der Waals surface area contributed by atoms with E-state index in [1.165, 1.54) is 0 Å². The van der Waals surface area contributed by atoms with Gasteiger partial charge < -0.3 is 15.4 Å². The Morgan fingerprint density at radius 3 is 2.89 bits per heavy atom. The molecule has 0 aliphatic rings. The summed E-state index contributed by atoms with van der Waals surface area (Å²) in [6.07, 6.45) is 1.32. The summed E-state index contributed by atoms with van der Waals surface area (Å²) in [5.74, 6) is 1.04. The molecule has 2 N–H and O–H groups in total. The van der Waals surface area contributed by atoms with Crippen LogP contribution < -0.4 is 15.4 Å². The fourth-order valence-electron chi connectivity index (χ4n) is 1.31. The van der Waals surface area contributed by atoms with Crippen LogP contribution in [0.1, 0.15) is 25.5 Å². The molecule has 0 aliphatic heterocycles. The van der Waals surface area contributed by atoms with Gasteiger partial charge in [0.25, 0.3) is 0 Å². The number of nitrogens with one attached hydrogen (secondary N) is 2. The van der Waals surface area contributed by atoms with Gasteiger partial charge in [0.1, 0.15) is 0 Å². The van der Waals surface area contributed by atoms with Crippen molar-refractivity contribution in [3.63, 3.8) is 0 Å². The molecule has 1 rings (SSSR count). The monoisotopic (exact) mass is 252 g/mol. The van der Waals surface area contributed by atoms with Gasteiger partial charge in [0.05, 0.1) is 6.61 Å². The topological polar surface area (TPSA) is 76.1 Å². The van der Waals surface area contributed by atoms with Gasteiger partial charge in [-0.25, -0.2) is 4.98 Å². The van der Waals surface area contributed by atoms with Crippen molar-refractivity contribution >= 4 is 11.9 Å². The number of ether oxygens (including phenoxy) is 1. The Kier molecular flexibility index (Phi) is 5.90. The lowest BCUT2D eigenvalue weighted by atomic mass is 10.4. The van der Waals surface area contributed by atoms with E-state index in [0.29, 0.717) is 31.4 Å². The lowest BCUT2D eigenvalue weighted by molar-refractivity contribution is -0.120. The van der Waals surface area contributed by atoms with Gasteiger partial charge in [0.15, 0.2) is 0 Å². The van der Waals surface area contributed by atoms with Crippen molar-refractivity contribution in [3.8, 4) is 5.88 Å². The van der Waals surface area contributed by atoms with Gasteiger partial charge in [0.2, 0.25) is 17.7 Å². The molecule has 1 aromatic rings. The summed E-state index contributed by atoms with van der Waals surface area (Å²) in [7, 11) is 1.61. The average Bonchev–Trinajstić information content (AvgIpc) is 2.35. The van der Waals surface area contributed by atoms with Crippen LogP contribution >= 0.6 is 0 Å². The molecule has 0 spiro atoms. The summed E-state index contributed by atoms with van der Waals surface area (Å²) in [4.78, 5) is 19.5. The number of carbonyl (C=O) groups excluding carboxylic acids is 1. The molecule has 0 fully saturated rings. The molecule has 0 aromatic carbocycles. The Hall–Kier alpha value is -1.85. The highest BCUT2D eigenvalue weighted by Crippen LogP contribution is 2.12. The van der Waals surface area contributed by atoms with E-state index in [2.05, 4.69) is 20.6 Å². The Morgan fingerprint density at radius 2 is 2.22 bits per heavy atom. The zero-order valence-corrected chi connectivity index (χ0v) is 11.1. The van der Waals surface area contributed by atoms with Crippen molar-refractivity contribution in [2.75, 3.05) is 25.5 Å². The first-order valence-corrected chi connectivity index (χ1v) is 6.08. The van der Waals surface area contributed by atoms with E-state index in [4.69, 9.17) is 4.74 Å². The second kappa shape index (κ2) is 7.47. The van der Waals surface area contributed by atoms with Crippen LogP contribution in [0.5, 0.6) is 5.88 Å².